The van der Waals surface area contributed by atoms with Crippen molar-refractivity contribution in [3.05, 3.63) is 90.0 Å². The second-order valence-electron chi connectivity index (χ2n) is 7.45. The molecule has 3 aromatic rings. The number of para-hydroxylation sites is 1. The van der Waals surface area contributed by atoms with Gasteiger partial charge in [-0.05, 0) is 62.7 Å². The van der Waals surface area contributed by atoms with Gasteiger partial charge in [0.1, 0.15) is 12.3 Å². The predicted octanol–water partition coefficient (Wildman–Crippen LogP) is 4.47. The molecule has 0 aliphatic heterocycles. The first-order chi connectivity index (χ1) is 15.3. The molecule has 0 bridgehead atoms. The lowest BCUT2D eigenvalue weighted by Crippen LogP contribution is -2.41. The molecule has 0 aromatic heterocycles. The van der Waals surface area contributed by atoms with Crippen LogP contribution in [0.3, 0.4) is 0 Å². The van der Waals surface area contributed by atoms with Gasteiger partial charge in [-0.25, -0.2) is 8.42 Å². The van der Waals surface area contributed by atoms with Crippen LogP contribution >= 0.6 is 0 Å². The fourth-order valence-corrected chi connectivity index (χ4v) is 4.69. The summed E-state index contributed by atoms with van der Waals surface area (Å²) in [5.74, 6) is 0.193. The first-order valence-electron chi connectivity index (χ1n) is 10.5. The van der Waals surface area contributed by atoms with E-state index in [1.54, 1.807) is 42.5 Å². The Kier molecular flexibility index (Phi) is 7.53. The van der Waals surface area contributed by atoms with Crippen LogP contribution in [-0.4, -0.2) is 27.5 Å². The van der Waals surface area contributed by atoms with E-state index in [1.807, 2.05) is 45.0 Å². The third kappa shape index (κ3) is 5.68. The van der Waals surface area contributed by atoms with Crippen molar-refractivity contribution in [2.24, 2.45) is 0 Å². The minimum atomic E-state index is -3.97. The molecule has 1 amide bonds. The van der Waals surface area contributed by atoms with Gasteiger partial charge in [0.05, 0.1) is 23.2 Å². The number of ether oxygens (including phenoxy) is 1. The molecule has 32 heavy (non-hydrogen) atoms. The molecule has 0 heterocycles. The number of carbonyl (C=O) groups excluding carboxylic acids is 1. The van der Waals surface area contributed by atoms with Gasteiger partial charge in [0.25, 0.3) is 10.0 Å². The molecular formula is C25H28N2O4S. The highest BCUT2D eigenvalue weighted by molar-refractivity contribution is 7.92. The molecule has 3 rings (SSSR count). The Balaban J connectivity index is 1.84. The Hall–Kier alpha value is -3.32. The van der Waals surface area contributed by atoms with E-state index < -0.39 is 15.9 Å². The lowest BCUT2D eigenvalue weighted by Gasteiger charge is -2.25. The van der Waals surface area contributed by atoms with Crippen molar-refractivity contribution in [2.75, 3.05) is 17.5 Å². The average molecular weight is 453 g/mol. The molecule has 0 saturated carbocycles. The number of amides is 1. The van der Waals surface area contributed by atoms with E-state index in [1.165, 1.54) is 12.1 Å². The van der Waals surface area contributed by atoms with Gasteiger partial charge in [-0.15, -0.1) is 0 Å². The Morgan fingerprint density at radius 3 is 2.19 bits per heavy atom. The Morgan fingerprint density at radius 1 is 0.969 bits per heavy atom. The third-order valence-corrected chi connectivity index (χ3v) is 6.80. The standard InChI is InChI=1S/C25H28N2O4S/c1-4-31-23-14-16-24(17-15-23)32(29,30)27(22-8-6-5-7-9-22)18-25(28)26-20(3)21-12-10-19(2)11-13-21/h5-17,20H,4,18H2,1-3H3,(H,26,28)/t20-/m1/s1. The van der Waals surface area contributed by atoms with Gasteiger partial charge < -0.3 is 10.1 Å². The van der Waals surface area contributed by atoms with Crippen LogP contribution in [-0.2, 0) is 14.8 Å². The smallest absolute Gasteiger partial charge is 0.264 e. The zero-order valence-corrected chi connectivity index (χ0v) is 19.3. The van der Waals surface area contributed by atoms with Gasteiger partial charge in [0, 0.05) is 0 Å². The molecule has 0 spiro atoms. The number of nitrogens with one attached hydrogen (secondary N) is 1. The van der Waals surface area contributed by atoms with E-state index in [4.69, 9.17) is 4.74 Å². The van der Waals surface area contributed by atoms with E-state index in [0.29, 0.717) is 18.0 Å². The molecule has 0 aliphatic rings. The molecule has 0 saturated heterocycles. The molecule has 3 aromatic carbocycles. The molecular weight excluding hydrogens is 424 g/mol. The SMILES string of the molecule is CCOc1ccc(S(=O)(=O)N(CC(=O)N[C@H](C)c2ccc(C)cc2)c2ccccc2)cc1. The summed E-state index contributed by atoms with van der Waals surface area (Å²) in [5, 5.41) is 2.90. The number of sulfonamides is 1. The van der Waals surface area contributed by atoms with Gasteiger partial charge in [-0.1, -0.05) is 48.0 Å². The number of carbonyl (C=O) groups is 1. The summed E-state index contributed by atoms with van der Waals surface area (Å²) in [6.45, 7) is 5.88. The maximum Gasteiger partial charge on any atom is 0.264 e. The Morgan fingerprint density at radius 2 is 1.59 bits per heavy atom. The number of anilines is 1. The Labute approximate surface area is 189 Å². The van der Waals surface area contributed by atoms with Crippen LogP contribution in [0.1, 0.15) is 31.0 Å². The van der Waals surface area contributed by atoms with E-state index in [2.05, 4.69) is 5.32 Å². The van der Waals surface area contributed by atoms with E-state index in [0.717, 1.165) is 15.4 Å². The van der Waals surface area contributed by atoms with Crippen molar-refractivity contribution in [2.45, 2.75) is 31.7 Å². The van der Waals surface area contributed by atoms with Gasteiger partial charge in [0.2, 0.25) is 5.91 Å². The summed E-state index contributed by atoms with van der Waals surface area (Å²) < 4.78 is 33.4. The average Bonchev–Trinajstić information content (AvgIpc) is 2.79. The summed E-state index contributed by atoms with van der Waals surface area (Å²) in [4.78, 5) is 12.9. The number of hydrogen-bond acceptors (Lipinski definition) is 4. The monoisotopic (exact) mass is 452 g/mol. The van der Waals surface area contributed by atoms with Crippen LogP contribution in [0, 0.1) is 6.92 Å². The van der Waals surface area contributed by atoms with Crippen molar-refractivity contribution < 1.29 is 17.9 Å². The van der Waals surface area contributed by atoms with Crippen molar-refractivity contribution in [3.63, 3.8) is 0 Å². The summed E-state index contributed by atoms with van der Waals surface area (Å²) in [6.07, 6.45) is 0. The van der Waals surface area contributed by atoms with E-state index >= 15 is 0 Å². The first kappa shape index (κ1) is 23.3. The predicted molar refractivity (Wildman–Crippen MR) is 126 cm³/mol. The first-order valence-corrected chi connectivity index (χ1v) is 11.9. The molecule has 1 N–H and O–H groups in total. The molecule has 1 atom stereocenters. The largest absolute Gasteiger partial charge is 0.494 e. The fraction of sp³-hybridized carbons (Fsp3) is 0.240. The number of aryl methyl sites for hydroxylation is 1. The van der Waals surface area contributed by atoms with E-state index in [-0.39, 0.29) is 17.5 Å². The maximum atomic E-state index is 13.4. The second kappa shape index (κ2) is 10.3. The fourth-order valence-electron chi connectivity index (χ4n) is 3.27. The second-order valence-corrected chi connectivity index (χ2v) is 9.31. The lowest BCUT2D eigenvalue weighted by atomic mass is 10.1. The highest BCUT2D eigenvalue weighted by Gasteiger charge is 2.27. The lowest BCUT2D eigenvalue weighted by molar-refractivity contribution is -0.120. The van der Waals surface area contributed by atoms with E-state index in [9.17, 15) is 13.2 Å². The van der Waals surface area contributed by atoms with Gasteiger partial charge >= 0.3 is 0 Å². The van der Waals surface area contributed by atoms with Crippen molar-refractivity contribution in [3.8, 4) is 5.75 Å². The highest BCUT2D eigenvalue weighted by atomic mass is 32.2. The quantitative estimate of drug-likeness (QED) is 0.520. The topological polar surface area (TPSA) is 75.7 Å². The van der Waals surface area contributed by atoms with Crippen molar-refractivity contribution in [1.82, 2.24) is 5.32 Å². The molecule has 7 heteroatoms. The number of nitrogens with zero attached hydrogens (tertiary/aromatic N) is 1. The Bertz CT molecular complexity index is 1130. The normalized spacial score (nSPS) is 12.1. The molecule has 0 aliphatic carbocycles. The number of benzene rings is 3. The van der Waals surface area contributed by atoms with Gasteiger partial charge in [0.15, 0.2) is 0 Å². The number of hydrogen-bond donors (Lipinski definition) is 1. The molecule has 0 unspecified atom stereocenters. The molecule has 0 radical (unpaired) electrons. The molecule has 0 fully saturated rings. The third-order valence-electron chi connectivity index (χ3n) is 5.01. The van der Waals surface area contributed by atoms with Crippen LogP contribution in [0.15, 0.2) is 83.8 Å². The molecule has 6 nitrogen and oxygen atoms in total. The van der Waals surface area contributed by atoms with Crippen molar-refractivity contribution in [1.29, 1.82) is 0 Å². The zero-order chi connectivity index (χ0) is 23.1. The zero-order valence-electron chi connectivity index (χ0n) is 18.5. The summed E-state index contributed by atoms with van der Waals surface area (Å²) in [5.41, 5.74) is 2.49. The molecule has 168 valence electrons. The van der Waals surface area contributed by atoms with Gasteiger partial charge in [-0.3, -0.25) is 9.10 Å². The van der Waals surface area contributed by atoms with Gasteiger partial charge in [-0.2, -0.15) is 0 Å². The maximum absolute atomic E-state index is 13.4. The van der Waals surface area contributed by atoms with Crippen LogP contribution in [0.2, 0.25) is 0 Å². The summed E-state index contributed by atoms with van der Waals surface area (Å²) in [7, 11) is -3.97. The van der Waals surface area contributed by atoms with Crippen LogP contribution < -0.4 is 14.4 Å². The van der Waals surface area contributed by atoms with Crippen LogP contribution in [0.25, 0.3) is 0 Å². The summed E-state index contributed by atoms with van der Waals surface area (Å²) >= 11 is 0. The minimum absolute atomic E-state index is 0.0872. The minimum Gasteiger partial charge on any atom is -0.494 e. The van der Waals surface area contributed by atoms with Crippen LogP contribution in [0.4, 0.5) is 5.69 Å². The highest BCUT2D eigenvalue weighted by Crippen LogP contribution is 2.25. The number of rotatable bonds is 9. The van der Waals surface area contributed by atoms with Crippen LogP contribution in [0.5, 0.6) is 5.75 Å². The van der Waals surface area contributed by atoms with Crippen molar-refractivity contribution >= 4 is 21.6 Å². The summed E-state index contributed by atoms with van der Waals surface area (Å²) in [6, 6.07) is 22.4.